The first-order valence-corrected chi connectivity index (χ1v) is 22.0. The molecule has 2 heteroatoms. The van der Waals surface area contributed by atoms with Gasteiger partial charge in [0.05, 0.1) is 5.69 Å². The quantitative estimate of drug-likeness (QED) is 0.156. The second-order valence-electron chi connectivity index (χ2n) is 16.9. The minimum Gasteiger partial charge on any atom is -0.456 e. The highest BCUT2D eigenvalue weighted by Gasteiger charge is 2.21. The molecule has 0 N–H and O–H groups in total. The molecule has 0 unspecified atom stereocenters. The maximum absolute atomic E-state index is 6.72. The van der Waals surface area contributed by atoms with Crippen molar-refractivity contribution in [2.45, 2.75) is 0 Å². The van der Waals surface area contributed by atoms with E-state index in [1.807, 2.05) is 0 Å². The molecule has 1 aromatic heterocycles. The molecule has 0 amide bonds. The Kier molecular flexibility index (Phi) is 8.25. The predicted molar refractivity (Wildman–Crippen MR) is 272 cm³/mol. The Hall–Kier alpha value is -8.46. The highest BCUT2D eigenvalue weighted by atomic mass is 16.3. The average Bonchev–Trinajstić information content (AvgIpc) is 3.72. The van der Waals surface area contributed by atoms with Crippen molar-refractivity contribution in [3.8, 4) is 33.4 Å². The summed E-state index contributed by atoms with van der Waals surface area (Å²) in [5.41, 5.74) is 12.0. The van der Waals surface area contributed by atoms with Gasteiger partial charge in [0.25, 0.3) is 0 Å². The van der Waals surface area contributed by atoms with Gasteiger partial charge in [-0.3, -0.25) is 0 Å². The largest absolute Gasteiger partial charge is 0.456 e. The van der Waals surface area contributed by atoms with Crippen molar-refractivity contribution >= 4 is 92.9 Å². The van der Waals surface area contributed by atoms with E-state index in [4.69, 9.17) is 4.42 Å². The molecule has 0 bridgehead atoms. The van der Waals surface area contributed by atoms with Crippen LogP contribution < -0.4 is 4.90 Å². The van der Waals surface area contributed by atoms with E-state index in [1.165, 1.54) is 76.1 Å². The number of nitrogens with zero attached hydrogens (tertiary/aromatic N) is 1. The van der Waals surface area contributed by atoms with Crippen LogP contribution >= 0.6 is 0 Å². The Balaban J connectivity index is 1.03. The third-order valence-electron chi connectivity index (χ3n) is 13.2. The fourth-order valence-electron chi connectivity index (χ4n) is 10.1. The number of fused-ring (bicyclic) bond motifs is 9. The van der Waals surface area contributed by atoms with Gasteiger partial charge in [-0.2, -0.15) is 0 Å². The van der Waals surface area contributed by atoms with Crippen molar-refractivity contribution in [2.24, 2.45) is 0 Å². The van der Waals surface area contributed by atoms with E-state index in [-0.39, 0.29) is 0 Å². The van der Waals surface area contributed by atoms with E-state index >= 15 is 0 Å². The van der Waals surface area contributed by atoms with Crippen LogP contribution in [0.5, 0.6) is 0 Å². The third kappa shape index (κ3) is 5.95. The number of benzene rings is 12. The lowest BCUT2D eigenvalue weighted by molar-refractivity contribution is 0.669. The monoisotopic (exact) mass is 813 g/mol. The van der Waals surface area contributed by atoms with Crippen LogP contribution in [0.1, 0.15) is 0 Å². The van der Waals surface area contributed by atoms with Gasteiger partial charge in [0.1, 0.15) is 11.2 Å². The van der Waals surface area contributed by atoms with Crippen LogP contribution in [-0.4, -0.2) is 0 Å². The molecule has 0 aliphatic rings. The molecule has 0 atom stereocenters. The van der Waals surface area contributed by atoms with Crippen molar-refractivity contribution < 1.29 is 4.42 Å². The van der Waals surface area contributed by atoms with Gasteiger partial charge in [-0.15, -0.1) is 0 Å². The predicted octanol–water partition coefficient (Wildman–Crippen LogP) is 17.8. The van der Waals surface area contributed by atoms with Gasteiger partial charge in [0, 0.05) is 33.8 Å². The van der Waals surface area contributed by atoms with Crippen LogP contribution in [-0.2, 0) is 0 Å². The maximum Gasteiger partial charge on any atom is 0.137 e. The normalized spacial score (nSPS) is 11.8. The second kappa shape index (κ2) is 14.6. The summed E-state index contributed by atoms with van der Waals surface area (Å²) in [6.45, 7) is 0. The van der Waals surface area contributed by atoms with Crippen molar-refractivity contribution in [3.63, 3.8) is 0 Å². The molecule has 0 fully saturated rings. The summed E-state index contributed by atoms with van der Waals surface area (Å²) in [4.78, 5) is 2.41. The average molecular weight is 814 g/mol. The molecule has 0 saturated heterocycles. The van der Waals surface area contributed by atoms with E-state index in [0.29, 0.717) is 0 Å². The van der Waals surface area contributed by atoms with Crippen LogP contribution in [0.15, 0.2) is 241 Å². The minimum atomic E-state index is 0.855. The molecule has 12 aromatic carbocycles. The molecular formula is C62H39NO. The Morgan fingerprint density at radius 1 is 0.250 bits per heavy atom. The molecule has 0 spiro atoms. The molecule has 13 aromatic rings. The zero-order valence-corrected chi connectivity index (χ0v) is 34.9. The van der Waals surface area contributed by atoms with Crippen LogP contribution in [0.25, 0.3) is 109 Å². The maximum atomic E-state index is 6.72. The second-order valence-corrected chi connectivity index (χ2v) is 16.9. The fraction of sp³-hybridized carbons (Fsp3) is 0. The Morgan fingerprint density at radius 3 is 1.67 bits per heavy atom. The molecule has 2 nitrogen and oxygen atoms in total. The topological polar surface area (TPSA) is 16.4 Å². The van der Waals surface area contributed by atoms with E-state index in [1.54, 1.807) is 0 Å². The van der Waals surface area contributed by atoms with Gasteiger partial charge < -0.3 is 9.32 Å². The number of anilines is 3. The zero-order chi connectivity index (χ0) is 42.1. The first kappa shape index (κ1) is 36.2. The van der Waals surface area contributed by atoms with Crippen LogP contribution in [0, 0.1) is 0 Å². The zero-order valence-electron chi connectivity index (χ0n) is 34.9. The lowest BCUT2D eigenvalue weighted by atomic mass is 9.90. The van der Waals surface area contributed by atoms with Gasteiger partial charge >= 0.3 is 0 Å². The van der Waals surface area contributed by atoms with Crippen LogP contribution in [0.2, 0.25) is 0 Å². The molecule has 0 aliphatic carbocycles. The summed E-state index contributed by atoms with van der Waals surface area (Å²) < 4.78 is 6.72. The lowest BCUT2D eigenvalue weighted by Gasteiger charge is -2.29. The van der Waals surface area contributed by atoms with E-state index in [0.717, 1.165) is 50.1 Å². The SMILES string of the molecule is c1ccc(-c2cc(-c3ccc4ccccc4c3)ccc2N(c2ccc3c(-c4cc5ccccc5c5ccccc45)cccc3c2)c2ccc3c(c2)oc2cc4ccccc4cc23)cc1. The summed E-state index contributed by atoms with van der Waals surface area (Å²) in [5.74, 6) is 0. The molecule has 0 saturated carbocycles. The number of hydrogen-bond acceptors (Lipinski definition) is 2. The first-order chi connectivity index (χ1) is 31.7. The van der Waals surface area contributed by atoms with Crippen molar-refractivity contribution in [2.75, 3.05) is 4.90 Å². The molecule has 0 radical (unpaired) electrons. The summed E-state index contributed by atoms with van der Waals surface area (Å²) in [7, 11) is 0. The van der Waals surface area contributed by atoms with Crippen molar-refractivity contribution in [3.05, 3.63) is 237 Å². The summed E-state index contributed by atoms with van der Waals surface area (Å²) in [6.07, 6.45) is 0. The highest BCUT2D eigenvalue weighted by Crippen LogP contribution is 2.46. The summed E-state index contributed by atoms with van der Waals surface area (Å²) >= 11 is 0. The highest BCUT2D eigenvalue weighted by molar-refractivity contribution is 6.17. The minimum absolute atomic E-state index is 0.855. The van der Waals surface area contributed by atoms with E-state index in [9.17, 15) is 0 Å². The molecule has 13 rings (SSSR count). The standard InChI is InChI=1S/C62H39NO/c1-2-14-41(15-3-1)57-35-46(45-26-25-40-13-4-5-16-42(40)33-45)27-32-60(57)63(50-29-31-56-59-36-43-17-6-7-18-44(43)38-61(59)64-62(56)39-50)49-28-30-52-47(34-49)20-12-24-54(52)58-37-48-19-8-9-21-51(48)53-22-10-11-23-55(53)58/h1-39H. The van der Waals surface area contributed by atoms with Crippen LogP contribution in [0.3, 0.4) is 0 Å². The van der Waals surface area contributed by atoms with Gasteiger partial charge in [-0.05, 0) is 142 Å². The van der Waals surface area contributed by atoms with Crippen molar-refractivity contribution in [1.29, 1.82) is 0 Å². The van der Waals surface area contributed by atoms with E-state index in [2.05, 4.69) is 241 Å². The summed E-state index contributed by atoms with van der Waals surface area (Å²) in [5, 5.41) is 14.5. The van der Waals surface area contributed by atoms with Gasteiger partial charge in [-0.1, -0.05) is 170 Å². The van der Waals surface area contributed by atoms with E-state index < -0.39 is 0 Å². The number of hydrogen-bond donors (Lipinski definition) is 0. The van der Waals surface area contributed by atoms with Crippen molar-refractivity contribution in [1.82, 2.24) is 0 Å². The first-order valence-electron chi connectivity index (χ1n) is 22.0. The molecule has 0 aliphatic heterocycles. The summed E-state index contributed by atoms with van der Waals surface area (Å²) in [6, 6.07) is 86.2. The third-order valence-corrected chi connectivity index (χ3v) is 13.2. The van der Waals surface area contributed by atoms with Crippen LogP contribution in [0.4, 0.5) is 17.1 Å². The lowest BCUT2D eigenvalue weighted by Crippen LogP contribution is -2.11. The van der Waals surface area contributed by atoms with Gasteiger partial charge in [0.15, 0.2) is 0 Å². The fourth-order valence-corrected chi connectivity index (χ4v) is 10.1. The Labute approximate surface area is 370 Å². The molecule has 1 heterocycles. The number of furan rings is 1. The smallest absolute Gasteiger partial charge is 0.137 e. The molecule has 64 heavy (non-hydrogen) atoms. The van der Waals surface area contributed by atoms with Gasteiger partial charge in [0.2, 0.25) is 0 Å². The Morgan fingerprint density at radius 2 is 0.844 bits per heavy atom. The molecular weight excluding hydrogens is 775 g/mol. The molecule has 298 valence electrons. The number of rotatable bonds is 6. The Bertz CT molecular complexity index is 3970. The van der Waals surface area contributed by atoms with Gasteiger partial charge in [-0.25, -0.2) is 0 Å².